The van der Waals surface area contributed by atoms with Crippen molar-refractivity contribution in [1.82, 2.24) is 15.0 Å². The van der Waals surface area contributed by atoms with Crippen LogP contribution in [0.1, 0.15) is 41.3 Å². The molecule has 0 unspecified atom stereocenters. The summed E-state index contributed by atoms with van der Waals surface area (Å²) in [6, 6.07) is 4.42. The van der Waals surface area contributed by atoms with E-state index in [9.17, 15) is 0 Å². The maximum Gasteiger partial charge on any atom is 0.169 e. The molecule has 0 fully saturated rings. The second kappa shape index (κ2) is 5.43. The zero-order valence-corrected chi connectivity index (χ0v) is 12.2. The van der Waals surface area contributed by atoms with Crippen LogP contribution in [-0.2, 0) is 13.0 Å². The third kappa shape index (κ3) is 2.78. The summed E-state index contributed by atoms with van der Waals surface area (Å²) in [6.07, 6.45) is 1.96. The van der Waals surface area contributed by atoms with Gasteiger partial charge in [-0.1, -0.05) is 36.3 Å². The molecule has 1 aromatic carbocycles. The highest BCUT2D eigenvalue weighted by molar-refractivity contribution is 5.39. The first-order chi connectivity index (χ1) is 9.02. The molecule has 2 rings (SSSR count). The minimum Gasteiger partial charge on any atom is -0.381 e. The average Bonchev–Trinajstić information content (AvgIpc) is 2.66. The monoisotopic (exact) mass is 258 g/mol. The van der Waals surface area contributed by atoms with Crippen LogP contribution < -0.4 is 5.73 Å². The van der Waals surface area contributed by atoms with Gasteiger partial charge < -0.3 is 5.73 Å². The van der Waals surface area contributed by atoms with E-state index in [1.165, 1.54) is 22.3 Å². The number of nitrogen functional groups attached to an aromatic ring is 1. The van der Waals surface area contributed by atoms with E-state index >= 15 is 0 Å². The Labute approximate surface area is 114 Å². The fraction of sp³-hybridized carbons (Fsp3) is 0.467. The van der Waals surface area contributed by atoms with Crippen molar-refractivity contribution in [3.63, 3.8) is 0 Å². The SMILES string of the molecule is CCCc1c(N)nnn1Cc1c(C)cc(C)cc1C. The highest BCUT2D eigenvalue weighted by Gasteiger charge is 2.12. The van der Waals surface area contributed by atoms with Crippen LogP contribution in [0, 0.1) is 20.8 Å². The van der Waals surface area contributed by atoms with Crippen LogP contribution in [0.25, 0.3) is 0 Å². The van der Waals surface area contributed by atoms with Gasteiger partial charge in [0.25, 0.3) is 0 Å². The van der Waals surface area contributed by atoms with Gasteiger partial charge in [0.15, 0.2) is 5.82 Å². The Morgan fingerprint density at radius 3 is 2.37 bits per heavy atom. The van der Waals surface area contributed by atoms with Crippen LogP contribution in [-0.4, -0.2) is 15.0 Å². The standard InChI is InChI=1S/C15H22N4/c1-5-6-14-15(16)17-18-19(14)9-13-11(3)7-10(2)8-12(13)4/h7-8H,5-6,9,16H2,1-4H3. The van der Waals surface area contributed by atoms with E-state index in [4.69, 9.17) is 5.73 Å². The van der Waals surface area contributed by atoms with Crippen molar-refractivity contribution in [2.24, 2.45) is 0 Å². The van der Waals surface area contributed by atoms with Crippen LogP contribution in [0.3, 0.4) is 0 Å². The second-order valence-electron chi connectivity index (χ2n) is 5.21. The van der Waals surface area contributed by atoms with Gasteiger partial charge >= 0.3 is 0 Å². The van der Waals surface area contributed by atoms with Gasteiger partial charge in [0.2, 0.25) is 0 Å². The third-order valence-electron chi connectivity index (χ3n) is 3.50. The van der Waals surface area contributed by atoms with Gasteiger partial charge in [-0.15, -0.1) is 5.10 Å². The summed E-state index contributed by atoms with van der Waals surface area (Å²) in [6.45, 7) is 9.31. The van der Waals surface area contributed by atoms with Gasteiger partial charge in [0.05, 0.1) is 12.2 Å². The van der Waals surface area contributed by atoms with Crippen molar-refractivity contribution < 1.29 is 0 Å². The molecular formula is C15H22N4. The van der Waals surface area contributed by atoms with E-state index in [0.717, 1.165) is 25.1 Å². The quantitative estimate of drug-likeness (QED) is 0.917. The molecular weight excluding hydrogens is 236 g/mol. The normalized spacial score (nSPS) is 10.9. The number of anilines is 1. The number of aromatic nitrogens is 3. The molecule has 2 aromatic rings. The fourth-order valence-electron chi connectivity index (χ4n) is 2.58. The van der Waals surface area contributed by atoms with E-state index < -0.39 is 0 Å². The predicted octanol–water partition coefficient (Wildman–Crippen LogP) is 2.79. The number of nitrogens with two attached hydrogens (primary N) is 1. The Kier molecular flexibility index (Phi) is 3.88. The van der Waals surface area contributed by atoms with E-state index in [-0.39, 0.29) is 0 Å². The molecule has 1 aromatic heterocycles. The molecule has 0 atom stereocenters. The molecule has 2 N–H and O–H groups in total. The highest BCUT2D eigenvalue weighted by atomic mass is 15.4. The van der Waals surface area contributed by atoms with Gasteiger partial charge in [-0.05, 0) is 43.9 Å². The predicted molar refractivity (Wildman–Crippen MR) is 78.2 cm³/mol. The van der Waals surface area contributed by atoms with Crippen LogP contribution in [0.2, 0.25) is 0 Å². The van der Waals surface area contributed by atoms with Crippen LogP contribution in [0.15, 0.2) is 12.1 Å². The number of benzene rings is 1. The van der Waals surface area contributed by atoms with Crippen molar-refractivity contribution in [3.8, 4) is 0 Å². The topological polar surface area (TPSA) is 56.7 Å². The largest absolute Gasteiger partial charge is 0.381 e. The minimum atomic E-state index is 0.560. The zero-order chi connectivity index (χ0) is 14.0. The Balaban J connectivity index is 2.36. The first-order valence-electron chi connectivity index (χ1n) is 6.77. The summed E-state index contributed by atoms with van der Waals surface area (Å²) < 4.78 is 1.93. The maximum atomic E-state index is 5.89. The molecule has 0 spiro atoms. The average molecular weight is 258 g/mol. The van der Waals surface area contributed by atoms with E-state index in [0.29, 0.717) is 5.82 Å². The van der Waals surface area contributed by atoms with Gasteiger partial charge in [-0.3, -0.25) is 0 Å². The first-order valence-corrected chi connectivity index (χ1v) is 6.77. The van der Waals surface area contributed by atoms with E-state index in [1.807, 2.05) is 4.68 Å². The lowest BCUT2D eigenvalue weighted by Gasteiger charge is -2.13. The Morgan fingerprint density at radius 2 is 1.79 bits per heavy atom. The number of hydrogen-bond donors (Lipinski definition) is 1. The molecule has 4 heteroatoms. The smallest absolute Gasteiger partial charge is 0.169 e. The second-order valence-corrected chi connectivity index (χ2v) is 5.21. The van der Waals surface area contributed by atoms with Crippen molar-refractivity contribution in [1.29, 1.82) is 0 Å². The molecule has 0 aliphatic rings. The van der Waals surface area contributed by atoms with Gasteiger partial charge in [0, 0.05) is 0 Å². The lowest BCUT2D eigenvalue weighted by molar-refractivity contribution is 0.610. The van der Waals surface area contributed by atoms with E-state index in [2.05, 4.69) is 50.1 Å². The number of nitrogens with zero attached hydrogens (tertiary/aromatic N) is 3. The van der Waals surface area contributed by atoms with Crippen LogP contribution in [0.4, 0.5) is 5.82 Å². The summed E-state index contributed by atoms with van der Waals surface area (Å²) in [5.41, 5.74) is 12.1. The summed E-state index contributed by atoms with van der Waals surface area (Å²) in [4.78, 5) is 0. The molecule has 4 nitrogen and oxygen atoms in total. The van der Waals surface area contributed by atoms with Crippen molar-refractivity contribution in [2.75, 3.05) is 5.73 Å². The van der Waals surface area contributed by atoms with E-state index in [1.54, 1.807) is 0 Å². The van der Waals surface area contributed by atoms with Crippen molar-refractivity contribution in [3.05, 3.63) is 40.1 Å². The molecule has 0 aliphatic carbocycles. The molecule has 0 amide bonds. The third-order valence-corrected chi connectivity index (χ3v) is 3.50. The minimum absolute atomic E-state index is 0.560. The van der Waals surface area contributed by atoms with Crippen molar-refractivity contribution in [2.45, 2.75) is 47.1 Å². The summed E-state index contributed by atoms with van der Waals surface area (Å²) in [5, 5.41) is 8.17. The molecule has 0 saturated heterocycles. The van der Waals surface area contributed by atoms with Crippen molar-refractivity contribution >= 4 is 5.82 Å². The van der Waals surface area contributed by atoms with Gasteiger partial charge in [0.1, 0.15) is 0 Å². The molecule has 0 aliphatic heterocycles. The molecule has 1 heterocycles. The molecule has 0 radical (unpaired) electrons. The summed E-state index contributed by atoms with van der Waals surface area (Å²) >= 11 is 0. The fourth-order valence-corrected chi connectivity index (χ4v) is 2.58. The summed E-state index contributed by atoms with van der Waals surface area (Å²) in [5.74, 6) is 0.560. The van der Waals surface area contributed by atoms with Crippen LogP contribution >= 0.6 is 0 Å². The molecule has 0 saturated carbocycles. The zero-order valence-electron chi connectivity index (χ0n) is 12.2. The Bertz CT molecular complexity index is 561. The van der Waals surface area contributed by atoms with Gasteiger partial charge in [-0.2, -0.15) is 0 Å². The lowest BCUT2D eigenvalue weighted by atomic mass is 10.00. The lowest BCUT2D eigenvalue weighted by Crippen LogP contribution is -2.10. The first kappa shape index (κ1) is 13.6. The Hall–Kier alpha value is -1.84. The number of rotatable bonds is 4. The number of aryl methyl sites for hydroxylation is 3. The summed E-state index contributed by atoms with van der Waals surface area (Å²) in [7, 11) is 0. The number of hydrogen-bond acceptors (Lipinski definition) is 3. The molecule has 102 valence electrons. The molecule has 0 bridgehead atoms. The van der Waals surface area contributed by atoms with Crippen LogP contribution in [0.5, 0.6) is 0 Å². The van der Waals surface area contributed by atoms with Gasteiger partial charge in [-0.25, -0.2) is 4.68 Å². The molecule has 19 heavy (non-hydrogen) atoms. The Morgan fingerprint density at radius 1 is 1.16 bits per heavy atom. The maximum absolute atomic E-state index is 5.89. The highest BCUT2D eigenvalue weighted by Crippen LogP contribution is 2.19.